The fourth-order valence-corrected chi connectivity index (χ4v) is 7.20. The normalized spacial score (nSPS) is 14.4. The molecule has 9 rings (SSSR count). The average molecular weight is 603 g/mol. The molecule has 0 fully saturated rings. The topological polar surface area (TPSA) is 93.2 Å². The Morgan fingerprint density at radius 3 is 0.913 bits per heavy atom. The highest BCUT2D eigenvalue weighted by Gasteiger charge is 2.38. The van der Waals surface area contributed by atoms with Crippen LogP contribution in [0.3, 0.4) is 0 Å². The lowest BCUT2D eigenvalue weighted by molar-refractivity contribution is 0.0877. The molecule has 8 nitrogen and oxygen atoms in total. The maximum atomic E-state index is 13.9. The quantitative estimate of drug-likeness (QED) is 0.119. The van der Waals surface area contributed by atoms with Crippen LogP contribution < -0.4 is 19.3 Å². The zero-order valence-electron chi connectivity index (χ0n) is 24.6. The van der Waals surface area contributed by atoms with Crippen LogP contribution in [0.1, 0.15) is 41.4 Å². The van der Waals surface area contributed by atoms with E-state index in [2.05, 4.69) is 0 Å². The van der Waals surface area contributed by atoms with E-state index >= 15 is 0 Å². The van der Waals surface area contributed by atoms with Gasteiger partial charge >= 0.3 is 0 Å². The van der Waals surface area contributed by atoms with Gasteiger partial charge in [-0.3, -0.25) is 19.2 Å². The molecule has 0 aromatic heterocycles. The molecule has 0 aliphatic carbocycles. The van der Waals surface area contributed by atoms with Gasteiger partial charge in [0.05, 0.1) is 25.6 Å². The summed E-state index contributed by atoms with van der Waals surface area (Å²) in [6.07, 6.45) is 0. The van der Waals surface area contributed by atoms with E-state index in [0.717, 1.165) is 32.3 Å². The van der Waals surface area contributed by atoms with Gasteiger partial charge in [-0.1, -0.05) is 24.3 Å². The van der Waals surface area contributed by atoms with E-state index in [-0.39, 0.29) is 0 Å². The minimum Gasteiger partial charge on any atom is -0.497 e. The molecule has 0 saturated carbocycles. The van der Waals surface area contributed by atoms with E-state index in [1.807, 2.05) is 24.3 Å². The number of imide groups is 2. The first-order chi connectivity index (χ1) is 22.4. The van der Waals surface area contributed by atoms with Gasteiger partial charge in [-0.05, 0) is 105 Å². The maximum Gasteiger partial charge on any atom is 0.265 e. The molecular weight excluding hydrogens is 580 g/mol. The van der Waals surface area contributed by atoms with Gasteiger partial charge in [0.1, 0.15) is 11.5 Å². The minimum atomic E-state index is -0.405. The predicted octanol–water partition coefficient (Wildman–Crippen LogP) is 7.36. The highest BCUT2D eigenvalue weighted by atomic mass is 16.5. The number of nitrogens with zero attached hydrogens (tertiary/aromatic N) is 2. The summed E-state index contributed by atoms with van der Waals surface area (Å²) in [5.41, 5.74) is 2.64. The van der Waals surface area contributed by atoms with E-state index in [1.165, 1.54) is 9.80 Å². The lowest BCUT2D eigenvalue weighted by atomic mass is 9.82. The summed E-state index contributed by atoms with van der Waals surface area (Å²) >= 11 is 0. The van der Waals surface area contributed by atoms with Gasteiger partial charge in [-0.15, -0.1) is 0 Å². The maximum absolute atomic E-state index is 13.9. The van der Waals surface area contributed by atoms with Crippen LogP contribution in [0.4, 0.5) is 11.4 Å². The number of methoxy groups -OCH3 is 2. The largest absolute Gasteiger partial charge is 0.497 e. The third kappa shape index (κ3) is 3.22. The van der Waals surface area contributed by atoms with Crippen molar-refractivity contribution in [1.29, 1.82) is 0 Å². The highest BCUT2D eigenvalue weighted by Crippen LogP contribution is 2.47. The number of benzene rings is 7. The molecule has 220 valence electrons. The standard InChI is InChI=1S/C38H22N2O6/c1-45-21-7-3-19(4-8-21)39-35(41)27-15-11-23-25-13-17-29-34-30(38(44)40(37(29)43)20-5-9-22(46-2)10-6-20)18-14-26(32(25)34)24-12-16-28(36(39)42)33(27)31(23)24/h3-18H,1-2H3. The van der Waals surface area contributed by atoms with Crippen molar-refractivity contribution >= 4 is 78.1 Å². The van der Waals surface area contributed by atoms with E-state index < -0.39 is 23.6 Å². The zero-order chi connectivity index (χ0) is 31.4. The number of fused-ring (bicyclic) bond motifs is 2. The van der Waals surface area contributed by atoms with E-state index in [0.29, 0.717) is 55.9 Å². The predicted molar refractivity (Wildman–Crippen MR) is 176 cm³/mol. The first kappa shape index (κ1) is 26.2. The monoisotopic (exact) mass is 602 g/mol. The molecule has 0 radical (unpaired) electrons. The first-order valence-electron chi connectivity index (χ1n) is 14.7. The molecule has 7 aromatic carbocycles. The van der Waals surface area contributed by atoms with Gasteiger partial charge in [-0.2, -0.15) is 0 Å². The number of hydrogen-bond acceptors (Lipinski definition) is 6. The van der Waals surface area contributed by atoms with Gasteiger partial charge in [0, 0.05) is 33.0 Å². The molecule has 0 N–H and O–H groups in total. The molecule has 0 saturated heterocycles. The molecule has 7 aromatic rings. The van der Waals surface area contributed by atoms with Crippen LogP contribution >= 0.6 is 0 Å². The van der Waals surface area contributed by atoms with Gasteiger partial charge in [0.2, 0.25) is 0 Å². The Hall–Kier alpha value is -6.28. The number of carbonyl (C=O) groups excluding carboxylic acids is 4. The van der Waals surface area contributed by atoms with Gasteiger partial charge in [0.15, 0.2) is 0 Å². The van der Waals surface area contributed by atoms with E-state index in [1.54, 1.807) is 87.0 Å². The summed E-state index contributed by atoms with van der Waals surface area (Å²) in [6, 6.07) is 28.3. The minimum absolute atomic E-state index is 0.405. The molecule has 46 heavy (non-hydrogen) atoms. The lowest BCUT2D eigenvalue weighted by Crippen LogP contribution is -2.40. The Labute approximate surface area is 261 Å². The number of ether oxygens (including phenoxy) is 2. The second kappa shape index (κ2) is 9.12. The fourth-order valence-electron chi connectivity index (χ4n) is 7.20. The number of amides is 4. The summed E-state index contributed by atoms with van der Waals surface area (Å²) in [6.45, 7) is 0. The molecule has 0 unspecified atom stereocenters. The Morgan fingerprint density at radius 1 is 0.370 bits per heavy atom. The number of rotatable bonds is 4. The molecule has 0 bridgehead atoms. The molecular formula is C38H22N2O6. The van der Waals surface area contributed by atoms with Crippen molar-refractivity contribution in [2.24, 2.45) is 0 Å². The summed E-state index contributed by atoms with van der Waals surface area (Å²) in [5, 5.41) is 6.15. The fraction of sp³-hybridized carbons (Fsp3) is 0.0526. The molecule has 8 heteroatoms. The van der Waals surface area contributed by atoms with Crippen LogP contribution in [0, 0.1) is 0 Å². The van der Waals surface area contributed by atoms with Crippen LogP contribution in [-0.2, 0) is 0 Å². The Bertz CT molecular complexity index is 2220. The van der Waals surface area contributed by atoms with Gasteiger partial charge < -0.3 is 9.47 Å². The third-order valence-corrected chi connectivity index (χ3v) is 9.30. The molecule has 4 amide bonds. The summed E-state index contributed by atoms with van der Waals surface area (Å²) in [4.78, 5) is 58.1. The van der Waals surface area contributed by atoms with Crippen LogP contribution in [0.2, 0.25) is 0 Å². The molecule has 0 spiro atoms. The van der Waals surface area contributed by atoms with Crippen molar-refractivity contribution in [1.82, 2.24) is 0 Å². The second-order valence-electron chi connectivity index (χ2n) is 11.4. The van der Waals surface area contributed by atoms with Crippen LogP contribution in [0.25, 0.3) is 43.1 Å². The third-order valence-electron chi connectivity index (χ3n) is 9.30. The molecule has 2 aliphatic rings. The van der Waals surface area contributed by atoms with Crippen molar-refractivity contribution in [2.75, 3.05) is 24.0 Å². The number of hydrogen-bond donors (Lipinski definition) is 0. The van der Waals surface area contributed by atoms with Crippen LogP contribution in [0.5, 0.6) is 11.5 Å². The molecule has 2 aliphatic heterocycles. The van der Waals surface area contributed by atoms with Gasteiger partial charge in [0.25, 0.3) is 23.6 Å². The van der Waals surface area contributed by atoms with Crippen molar-refractivity contribution < 1.29 is 28.7 Å². The summed E-state index contributed by atoms with van der Waals surface area (Å²) in [5.74, 6) is -0.380. The summed E-state index contributed by atoms with van der Waals surface area (Å²) in [7, 11) is 3.11. The second-order valence-corrected chi connectivity index (χ2v) is 11.4. The van der Waals surface area contributed by atoms with Crippen molar-refractivity contribution in [3.05, 3.63) is 119 Å². The first-order valence-corrected chi connectivity index (χ1v) is 14.7. The van der Waals surface area contributed by atoms with E-state index in [9.17, 15) is 19.2 Å². The van der Waals surface area contributed by atoms with E-state index in [4.69, 9.17) is 9.47 Å². The smallest absolute Gasteiger partial charge is 0.265 e. The molecule has 2 heterocycles. The van der Waals surface area contributed by atoms with Crippen molar-refractivity contribution in [3.63, 3.8) is 0 Å². The van der Waals surface area contributed by atoms with Crippen LogP contribution in [-0.4, -0.2) is 37.8 Å². The Balaban J connectivity index is 1.27. The van der Waals surface area contributed by atoms with Crippen molar-refractivity contribution in [3.8, 4) is 11.5 Å². The average Bonchev–Trinajstić information content (AvgIpc) is 3.09. The van der Waals surface area contributed by atoms with Crippen LogP contribution in [0.15, 0.2) is 97.1 Å². The lowest BCUT2D eigenvalue weighted by Gasteiger charge is -2.30. The Kier molecular flexibility index (Phi) is 5.18. The van der Waals surface area contributed by atoms with Crippen molar-refractivity contribution in [2.45, 2.75) is 0 Å². The molecule has 0 atom stereocenters. The number of anilines is 2. The SMILES string of the molecule is COc1ccc(N2C(=O)c3ccc4c5ccc6c7c(ccc(c8ccc(c3c48)C2=O)c75)C(=O)N(c2ccc(OC)cc2)C6=O)cc1. The number of carbonyl (C=O) groups is 4. The highest BCUT2D eigenvalue weighted by molar-refractivity contribution is 6.45. The Morgan fingerprint density at radius 2 is 0.652 bits per heavy atom. The zero-order valence-corrected chi connectivity index (χ0v) is 24.6. The summed E-state index contributed by atoms with van der Waals surface area (Å²) < 4.78 is 10.5. The van der Waals surface area contributed by atoms with Gasteiger partial charge in [-0.25, -0.2) is 9.80 Å².